The monoisotopic (exact) mass is 318 g/mol. The molecular formula is C8H3IN2O4. The first-order valence-corrected chi connectivity index (χ1v) is 4.66. The number of carboxylic acid groups (broad SMARTS) is 1. The Morgan fingerprint density at radius 1 is 1.60 bits per heavy atom. The maximum Gasteiger partial charge on any atom is 0.337 e. The summed E-state index contributed by atoms with van der Waals surface area (Å²) in [5.74, 6) is -1.35. The number of aromatic carboxylic acids is 1. The number of hydrogen-bond donors (Lipinski definition) is 1. The van der Waals surface area contributed by atoms with Gasteiger partial charge in [-0.15, -0.1) is 0 Å². The number of nitrogens with zero attached hydrogens (tertiary/aromatic N) is 2. The average Bonchev–Trinajstić information content (AvgIpc) is 2.16. The Labute approximate surface area is 97.4 Å². The van der Waals surface area contributed by atoms with Crippen LogP contribution in [0.3, 0.4) is 0 Å². The van der Waals surface area contributed by atoms with Crippen molar-refractivity contribution in [2.45, 2.75) is 0 Å². The van der Waals surface area contributed by atoms with Crippen molar-refractivity contribution in [1.29, 1.82) is 5.26 Å². The van der Waals surface area contributed by atoms with Crippen LogP contribution in [0.15, 0.2) is 12.1 Å². The van der Waals surface area contributed by atoms with E-state index in [1.165, 1.54) is 12.1 Å². The molecule has 1 N–H and O–H groups in total. The van der Waals surface area contributed by atoms with Gasteiger partial charge < -0.3 is 5.11 Å². The summed E-state index contributed by atoms with van der Waals surface area (Å²) in [4.78, 5) is 20.5. The van der Waals surface area contributed by atoms with E-state index in [9.17, 15) is 14.9 Å². The van der Waals surface area contributed by atoms with Crippen LogP contribution in [0.5, 0.6) is 0 Å². The second kappa shape index (κ2) is 4.22. The summed E-state index contributed by atoms with van der Waals surface area (Å²) in [7, 11) is 0. The van der Waals surface area contributed by atoms with Gasteiger partial charge in [-0.1, -0.05) is 0 Å². The van der Waals surface area contributed by atoms with Crippen LogP contribution in [-0.2, 0) is 0 Å². The SMILES string of the molecule is N#Cc1c(C(=O)O)cc(I)cc1[N+](=O)[O-]. The molecular weight excluding hydrogens is 315 g/mol. The number of hydrogen-bond acceptors (Lipinski definition) is 4. The van der Waals surface area contributed by atoms with E-state index in [0.29, 0.717) is 3.57 Å². The van der Waals surface area contributed by atoms with Crippen LogP contribution in [0.4, 0.5) is 5.69 Å². The Balaban J connectivity index is 3.62. The standard InChI is InChI=1S/C8H3IN2O4/c9-4-1-5(8(12)13)6(3-10)7(2-4)11(14)15/h1-2H,(H,12,13). The van der Waals surface area contributed by atoms with Gasteiger partial charge in [0.1, 0.15) is 11.6 Å². The molecule has 0 atom stereocenters. The molecule has 0 aliphatic carbocycles. The number of nitro benzene ring substituents is 1. The van der Waals surface area contributed by atoms with E-state index in [2.05, 4.69) is 0 Å². The second-order valence-corrected chi connectivity index (χ2v) is 3.77. The number of rotatable bonds is 2. The molecule has 1 rings (SSSR count). The van der Waals surface area contributed by atoms with Gasteiger partial charge in [0.2, 0.25) is 0 Å². The third kappa shape index (κ3) is 2.21. The molecule has 15 heavy (non-hydrogen) atoms. The fraction of sp³-hybridized carbons (Fsp3) is 0. The second-order valence-electron chi connectivity index (χ2n) is 2.52. The summed E-state index contributed by atoms with van der Waals surface area (Å²) in [6.45, 7) is 0. The van der Waals surface area contributed by atoms with Crippen LogP contribution in [0.2, 0.25) is 0 Å². The Morgan fingerprint density at radius 3 is 2.60 bits per heavy atom. The van der Waals surface area contributed by atoms with Gasteiger partial charge in [-0.25, -0.2) is 4.79 Å². The zero-order valence-corrected chi connectivity index (χ0v) is 9.26. The maximum atomic E-state index is 10.7. The van der Waals surface area contributed by atoms with E-state index in [1.54, 1.807) is 22.6 Å². The molecule has 6 nitrogen and oxygen atoms in total. The van der Waals surface area contributed by atoms with Crippen molar-refractivity contribution in [3.8, 4) is 6.07 Å². The molecule has 0 unspecified atom stereocenters. The molecule has 76 valence electrons. The van der Waals surface area contributed by atoms with Gasteiger partial charge in [0, 0.05) is 9.64 Å². The van der Waals surface area contributed by atoms with Crippen molar-refractivity contribution in [2.24, 2.45) is 0 Å². The number of halogens is 1. The molecule has 0 saturated carbocycles. The highest BCUT2D eigenvalue weighted by Gasteiger charge is 2.22. The average molecular weight is 318 g/mol. The number of nitriles is 1. The molecule has 0 heterocycles. The first kappa shape index (κ1) is 11.4. The summed E-state index contributed by atoms with van der Waals surface area (Å²) < 4.78 is 0.399. The van der Waals surface area contributed by atoms with E-state index in [0.717, 1.165) is 6.07 Å². The van der Waals surface area contributed by atoms with Crippen molar-refractivity contribution in [1.82, 2.24) is 0 Å². The van der Waals surface area contributed by atoms with E-state index in [1.807, 2.05) is 0 Å². The summed E-state index contributed by atoms with van der Waals surface area (Å²) in [6.07, 6.45) is 0. The highest BCUT2D eigenvalue weighted by atomic mass is 127. The van der Waals surface area contributed by atoms with Gasteiger partial charge in [0.05, 0.1) is 10.5 Å². The van der Waals surface area contributed by atoms with Crippen molar-refractivity contribution in [3.05, 3.63) is 36.9 Å². The predicted octanol–water partition coefficient (Wildman–Crippen LogP) is 1.77. The Hall–Kier alpha value is -1.69. The molecule has 0 fully saturated rings. The Morgan fingerprint density at radius 2 is 2.20 bits per heavy atom. The largest absolute Gasteiger partial charge is 0.478 e. The van der Waals surface area contributed by atoms with E-state index in [4.69, 9.17) is 10.4 Å². The van der Waals surface area contributed by atoms with Gasteiger partial charge in [0.15, 0.2) is 0 Å². The van der Waals surface area contributed by atoms with Crippen LogP contribution in [0.25, 0.3) is 0 Å². The maximum absolute atomic E-state index is 10.7. The highest BCUT2D eigenvalue weighted by Crippen LogP contribution is 2.24. The fourth-order valence-corrected chi connectivity index (χ4v) is 1.63. The Kier molecular flexibility index (Phi) is 3.21. The number of carbonyl (C=O) groups is 1. The van der Waals surface area contributed by atoms with Crippen molar-refractivity contribution in [2.75, 3.05) is 0 Å². The lowest BCUT2D eigenvalue weighted by atomic mass is 10.1. The fourth-order valence-electron chi connectivity index (χ4n) is 1.02. The van der Waals surface area contributed by atoms with Gasteiger partial charge >= 0.3 is 5.97 Å². The minimum atomic E-state index is -1.35. The molecule has 1 aromatic carbocycles. The minimum Gasteiger partial charge on any atom is -0.478 e. The molecule has 7 heteroatoms. The van der Waals surface area contributed by atoms with Crippen molar-refractivity contribution in [3.63, 3.8) is 0 Å². The van der Waals surface area contributed by atoms with Crippen LogP contribution < -0.4 is 0 Å². The van der Waals surface area contributed by atoms with E-state index < -0.39 is 22.1 Å². The third-order valence-corrected chi connectivity index (χ3v) is 2.24. The molecule has 0 aromatic heterocycles. The van der Waals surface area contributed by atoms with Crippen molar-refractivity contribution >= 4 is 34.2 Å². The van der Waals surface area contributed by atoms with Gasteiger partial charge in [-0.2, -0.15) is 5.26 Å². The molecule has 0 amide bonds. The summed E-state index contributed by atoms with van der Waals surface area (Å²) in [6, 6.07) is 3.90. The van der Waals surface area contributed by atoms with Crippen LogP contribution in [0.1, 0.15) is 15.9 Å². The molecule has 0 spiro atoms. The molecule has 0 saturated heterocycles. The molecule has 1 aromatic rings. The highest BCUT2D eigenvalue weighted by molar-refractivity contribution is 14.1. The number of carboxylic acids is 1. The topological polar surface area (TPSA) is 104 Å². The third-order valence-electron chi connectivity index (χ3n) is 1.62. The molecule has 0 bridgehead atoms. The normalized spacial score (nSPS) is 9.33. The van der Waals surface area contributed by atoms with E-state index >= 15 is 0 Å². The minimum absolute atomic E-state index is 0.351. The first-order valence-electron chi connectivity index (χ1n) is 3.58. The van der Waals surface area contributed by atoms with Crippen LogP contribution in [-0.4, -0.2) is 16.0 Å². The van der Waals surface area contributed by atoms with Crippen molar-refractivity contribution < 1.29 is 14.8 Å². The van der Waals surface area contributed by atoms with Gasteiger partial charge in [-0.05, 0) is 28.7 Å². The summed E-state index contributed by atoms with van der Waals surface area (Å²) in [5.41, 5.74) is -1.26. The zero-order valence-electron chi connectivity index (χ0n) is 7.10. The van der Waals surface area contributed by atoms with Crippen LogP contribution >= 0.6 is 22.6 Å². The molecule has 0 aliphatic rings. The Bertz CT molecular complexity index is 457. The summed E-state index contributed by atoms with van der Waals surface area (Å²) in [5, 5.41) is 28.0. The lowest BCUT2D eigenvalue weighted by Gasteiger charge is -2.00. The predicted molar refractivity (Wildman–Crippen MR) is 57.5 cm³/mol. The first-order chi connectivity index (χ1) is 6.97. The molecule has 0 aliphatic heterocycles. The zero-order chi connectivity index (χ0) is 11.6. The van der Waals surface area contributed by atoms with E-state index in [-0.39, 0.29) is 5.56 Å². The van der Waals surface area contributed by atoms with Gasteiger partial charge in [0.25, 0.3) is 5.69 Å². The lowest BCUT2D eigenvalue weighted by molar-refractivity contribution is -0.385. The quantitative estimate of drug-likeness (QED) is 0.508. The molecule has 0 radical (unpaired) electrons. The van der Waals surface area contributed by atoms with Gasteiger partial charge in [-0.3, -0.25) is 10.1 Å². The lowest BCUT2D eigenvalue weighted by Crippen LogP contribution is -2.04. The van der Waals surface area contributed by atoms with Crippen LogP contribution in [0, 0.1) is 25.0 Å². The summed E-state index contributed by atoms with van der Waals surface area (Å²) >= 11 is 1.75. The smallest absolute Gasteiger partial charge is 0.337 e. The number of benzene rings is 1. The number of nitro groups is 1.